The van der Waals surface area contributed by atoms with Crippen molar-refractivity contribution in [3.63, 3.8) is 0 Å². The van der Waals surface area contributed by atoms with Crippen LogP contribution in [-0.4, -0.2) is 15.8 Å². The summed E-state index contributed by atoms with van der Waals surface area (Å²) in [6.07, 6.45) is 0. The maximum absolute atomic E-state index is 10.2. The fourth-order valence-electron chi connectivity index (χ4n) is 15.6. The minimum absolute atomic E-state index is 0.00716. The van der Waals surface area contributed by atoms with Crippen molar-refractivity contribution in [2.75, 3.05) is 9.80 Å². The van der Waals surface area contributed by atoms with Gasteiger partial charge >= 0.3 is 0 Å². The first kappa shape index (κ1) is 49.0. The van der Waals surface area contributed by atoms with Gasteiger partial charge in [-0.3, -0.25) is 0 Å². The molecule has 101 heavy (non-hydrogen) atoms. The zero-order chi connectivity index (χ0) is 79.9. The number of nitrogens with zero attached hydrogens (tertiary/aromatic N) is 4. The molecule has 0 aliphatic carbocycles. The second-order valence-corrected chi connectivity index (χ2v) is 29.9. The summed E-state index contributed by atoms with van der Waals surface area (Å²) in [5.41, 5.74) is 19.2. The maximum atomic E-state index is 10.2. The van der Waals surface area contributed by atoms with E-state index >= 15 is 0 Å². The molecule has 2 aliphatic rings. The fourth-order valence-corrected chi connectivity index (χ4v) is 15.6. The average Bonchev–Trinajstić information content (AvgIpc) is 1.09. The number of aromatic nitrogens is 2. The predicted octanol–water partition coefficient (Wildman–Crippen LogP) is 24.2. The molecule has 2 aliphatic heterocycles. The topological polar surface area (TPSA) is 16.3 Å². The first-order chi connectivity index (χ1) is 54.4. The smallest absolute Gasteiger partial charge is 0.252 e. The molecule has 0 radical (unpaired) electrons. The summed E-state index contributed by atoms with van der Waals surface area (Å²) in [5, 5.41) is 1.54. The molecular weight excluding hydrogens is 1220 g/mol. The third kappa shape index (κ3) is 10.2. The van der Waals surface area contributed by atoms with E-state index in [9.17, 15) is 16.4 Å². The van der Waals surface area contributed by atoms with Crippen molar-refractivity contribution in [1.29, 1.82) is 0 Å². The average molecular weight is 1310 g/mol. The molecule has 0 fully saturated rings. The van der Waals surface area contributed by atoms with Crippen LogP contribution >= 0.6 is 0 Å². The quantitative estimate of drug-likeness (QED) is 0.134. The van der Waals surface area contributed by atoms with Gasteiger partial charge in [-0.2, -0.15) is 0 Å². The molecule has 4 heterocycles. The lowest BCUT2D eigenvalue weighted by atomic mass is 9.33. The molecule has 4 nitrogen and oxygen atoms in total. The Labute approximate surface area is 612 Å². The van der Waals surface area contributed by atoms with E-state index in [0.29, 0.717) is 28.3 Å². The Kier molecular flexibility index (Phi) is 11.4. The van der Waals surface area contributed by atoms with Crippen molar-refractivity contribution in [2.24, 2.45) is 0 Å². The zero-order valence-electron chi connectivity index (χ0n) is 70.9. The normalized spacial score (nSPS) is 14.7. The monoisotopic (exact) mass is 1310 g/mol. The molecule has 0 amide bonds. The third-order valence-corrected chi connectivity index (χ3v) is 20.6. The van der Waals surface area contributed by atoms with Crippen LogP contribution in [0.1, 0.15) is 96.8 Å². The lowest BCUT2D eigenvalue weighted by Gasteiger charge is -2.46. The molecule has 0 saturated carbocycles. The molecule has 0 unspecified atom stereocenters. The Morgan fingerprint density at radius 1 is 0.287 bits per heavy atom. The van der Waals surface area contributed by atoms with Gasteiger partial charge in [0.15, 0.2) is 0 Å². The van der Waals surface area contributed by atoms with E-state index < -0.39 is 78.6 Å². The van der Waals surface area contributed by atoms with Crippen LogP contribution in [0, 0.1) is 0 Å². The number of rotatable bonds is 9. The Morgan fingerprint density at radius 2 is 0.733 bits per heavy atom. The van der Waals surface area contributed by atoms with E-state index in [0.717, 1.165) is 116 Å². The summed E-state index contributed by atoms with van der Waals surface area (Å²) in [7, 11) is 0. The van der Waals surface area contributed by atoms with E-state index in [4.69, 9.17) is 1.37 Å². The molecule has 0 spiro atoms. The lowest BCUT2D eigenvalue weighted by Crippen LogP contribution is -2.61. The highest BCUT2D eigenvalue weighted by atomic mass is 15.2. The number of benzene rings is 14. The van der Waals surface area contributed by atoms with Gasteiger partial charge in [0.2, 0.25) is 0 Å². The van der Waals surface area contributed by atoms with Gasteiger partial charge in [0.25, 0.3) is 6.71 Å². The van der Waals surface area contributed by atoms with Crippen LogP contribution in [0.3, 0.4) is 0 Å². The molecule has 486 valence electrons. The third-order valence-electron chi connectivity index (χ3n) is 20.6. The Bertz CT molecular complexity index is 6580. The van der Waals surface area contributed by atoms with E-state index in [1.807, 2.05) is 84.9 Å². The first-order valence-electron chi connectivity index (χ1n) is 41.2. The molecule has 5 heteroatoms. The number of hydrogen-bond acceptors (Lipinski definition) is 2. The van der Waals surface area contributed by atoms with Crippen LogP contribution in [-0.2, 0) is 16.2 Å². The zero-order valence-corrected chi connectivity index (χ0v) is 57.9. The standard InChI is InChI=1S/C96H79BN4/c1-94(2,3)69-53-68(54-70(57-69)95(4,5)6)67-48-51-80-86(56-67)100(92-78(64-35-19-12-20-36-64)58-71(96(7,8)9)59-79(92)65-37-21-13-22-38-65)88-60-73(99-82-44-28-25-41-75(82)76-42-26-29-45-83(76)99)61-89-91(88)97(80)81-50-47-66(62-31-15-10-16-32-62)55-87(81)101(89)93-74(63-33-17-11-18-34-63)49-52-85-90(93)77-43-27-30-46-84(77)98(85)72-39-23-14-24-40-72/h10-61H,1-9H3/i10D,15D,16D,25D,26D,28D,29D,31D,32D,41D,42D,44D,45D. The number of para-hydroxylation sites is 4. The summed E-state index contributed by atoms with van der Waals surface area (Å²) in [4.78, 5) is 4.64. The van der Waals surface area contributed by atoms with Crippen LogP contribution in [0.25, 0.3) is 111 Å². The minimum atomic E-state index is -0.720. The van der Waals surface area contributed by atoms with Gasteiger partial charge in [-0.25, -0.2) is 0 Å². The molecule has 0 atom stereocenters. The molecule has 0 bridgehead atoms. The highest BCUT2D eigenvalue weighted by Gasteiger charge is 2.46. The van der Waals surface area contributed by atoms with Gasteiger partial charge in [0.1, 0.15) is 0 Å². The van der Waals surface area contributed by atoms with Crippen LogP contribution in [0.2, 0.25) is 0 Å². The SMILES string of the molecule is [2H]c1c([2H])c([2H])c(-c2ccc3c(c2)N(c2c(-c4ccccc4)ccc4c2c2ccccc2n4-c2ccccc2)c2cc(-n4c5c([2H])c([2H])c([2H])c([2H])c5c5c([2H])c([2H])c([2H])c([2H])c54)cc4c2B3c2ccc(-c3cc(C(C)(C)C)cc(C(C)(C)C)c3)cc2N4c2c(-c3ccccc3)cc(C(C)(C)C)cc2-c2ccccc2)c([2H])c1[2H]. The molecule has 2 aromatic heterocycles. The molecule has 0 saturated heterocycles. The van der Waals surface area contributed by atoms with Crippen molar-refractivity contribution in [3.8, 4) is 67.0 Å². The summed E-state index contributed by atoms with van der Waals surface area (Å²) in [5.74, 6) is 0. The van der Waals surface area contributed by atoms with Crippen LogP contribution in [0.4, 0.5) is 34.1 Å². The fraction of sp³-hybridized carbons (Fsp3) is 0.125. The van der Waals surface area contributed by atoms with E-state index in [1.54, 1.807) is 4.57 Å². The Hall–Kier alpha value is -11.7. The van der Waals surface area contributed by atoms with Crippen molar-refractivity contribution in [3.05, 3.63) is 332 Å². The Morgan fingerprint density at radius 3 is 1.27 bits per heavy atom. The molecular formula is C96H79BN4. The van der Waals surface area contributed by atoms with Crippen LogP contribution in [0.15, 0.2) is 315 Å². The van der Waals surface area contributed by atoms with E-state index in [-0.39, 0.29) is 56.0 Å². The first-order valence-corrected chi connectivity index (χ1v) is 34.7. The van der Waals surface area contributed by atoms with Gasteiger partial charge in [0, 0.05) is 66.7 Å². The van der Waals surface area contributed by atoms with Crippen molar-refractivity contribution in [2.45, 2.75) is 78.6 Å². The summed E-state index contributed by atoms with van der Waals surface area (Å²) >= 11 is 0. The van der Waals surface area contributed by atoms with Gasteiger partial charge < -0.3 is 18.9 Å². The second-order valence-electron chi connectivity index (χ2n) is 29.9. The molecule has 14 aromatic carbocycles. The van der Waals surface area contributed by atoms with Gasteiger partial charge in [-0.05, 0) is 161 Å². The second kappa shape index (κ2) is 23.5. The van der Waals surface area contributed by atoms with Crippen LogP contribution < -0.4 is 26.2 Å². The number of fused-ring (bicyclic) bond motifs is 10. The summed E-state index contributed by atoms with van der Waals surface area (Å²) in [6, 6.07) is 75.6. The van der Waals surface area contributed by atoms with Gasteiger partial charge in [0.05, 0.1) is 56.9 Å². The van der Waals surface area contributed by atoms with Crippen molar-refractivity contribution >= 4 is 101 Å². The van der Waals surface area contributed by atoms with Crippen LogP contribution in [0.5, 0.6) is 0 Å². The highest BCUT2D eigenvalue weighted by molar-refractivity contribution is 7.00. The predicted molar refractivity (Wildman–Crippen MR) is 432 cm³/mol. The van der Waals surface area contributed by atoms with E-state index in [2.05, 4.69) is 228 Å². The van der Waals surface area contributed by atoms with Crippen molar-refractivity contribution in [1.82, 2.24) is 9.13 Å². The van der Waals surface area contributed by atoms with Gasteiger partial charge in [-0.15, -0.1) is 0 Å². The molecule has 18 rings (SSSR count). The lowest BCUT2D eigenvalue weighted by molar-refractivity contribution is 0.569. The Balaban J connectivity index is 1.12. The highest BCUT2D eigenvalue weighted by Crippen LogP contribution is 2.56. The molecule has 0 N–H and O–H groups in total. The maximum Gasteiger partial charge on any atom is 0.252 e. The largest absolute Gasteiger partial charge is 0.310 e. The van der Waals surface area contributed by atoms with Gasteiger partial charge in [-0.1, -0.05) is 305 Å². The number of anilines is 6. The molecule has 16 aromatic rings. The summed E-state index contributed by atoms with van der Waals surface area (Å²) < 4.78 is 129. The number of hydrogen-bond donors (Lipinski definition) is 0. The summed E-state index contributed by atoms with van der Waals surface area (Å²) in [6.45, 7) is 19.4. The van der Waals surface area contributed by atoms with E-state index in [1.165, 1.54) is 0 Å². The minimum Gasteiger partial charge on any atom is -0.310 e. The van der Waals surface area contributed by atoms with Crippen molar-refractivity contribution < 1.29 is 17.8 Å².